The van der Waals surface area contributed by atoms with Gasteiger partial charge >= 0.3 is 0 Å². The minimum atomic E-state index is -2.72. The lowest BCUT2D eigenvalue weighted by Gasteiger charge is -2.43. The lowest BCUT2D eigenvalue weighted by atomic mass is 10.2. The van der Waals surface area contributed by atoms with Gasteiger partial charge in [0.1, 0.15) is 6.10 Å². The second-order valence-electron chi connectivity index (χ2n) is 8.74. The molecule has 1 heterocycles. The molecule has 1 saturated heterocycles. The molecule has 0 saturated carbocycles. The molecule has 3 rings (SSSR count). The largest absolute Gasteiger partial charge is 0.400 e. The van der Waals surface area contributed by atoms with E-state index in [0.717, 1.165) is 10.4 Å². The Balaban J connectivity index is 1.96. The zero-order valence-electron chi connectivity index (χ0n) is 17.4. The van der Waals surface area contributed by atoms with Gasteiger partial charge in [0.25, 0.3) is 8.32 Å². The first-order valence-electron chi connectivity index (χ1n) is 9.75. The Morgan fingerprint density at radius 1 is 1.04 bits per heavy atom. The van der Waals surface area contributed by atoms with Crippen molar-refractivity contribution in [2.24, 2.45) is 0 Å². The van der Waals surface area contributed by atoms with Crippen molar-refractivity contribution in [3.05, 3.63) is 60.7 Å². The minimum Gasteiger partial charge on any atom is -0.400 e. The molecule has 0 amide bonds. The van der Waals surface area contributed by atoms with E-state index >= 15 is 0 Å². The molecule has 28 heavy (non-hydrogen) atoms. The Hall–Kier alpha value is -1.79. The summed E-state index contributed by atoms with van der Waals surface area (Å²) in [4.78, 5) is 12.9. The molecule has 1 aliphatic heterocycles. The van der Waals surface area contributed by atoms with E-state index in [1.807, 2.05) is 50.2 Å². The Labute approximate surface area is 169 Å². The highest BCUT2D eigenvalue weighted by Gasteiger charge is 2.51. The van der Waals surface area contributed by atoms with Crippen LogP contribution in [0.15, 0.2) is 60.7 Å². The smallest absolute Gasteiger partial charge is 0.261 e. The van der Waals surface area contributed by atoms with Gasteiger partial charge in [0, 0.05) is 0 Å². The third-order valence-electron chi connectivity index (χ3n) is 5.22. The summed E-state index contributed by atoms with van der Waals surface area (Å²) in [6.07, 6.45) is -0.576. The molecule has 4 nitrogen and oxygen atoms in total. The van der Waals surface area contributed by atoms with E-state index in [0.29, 0.717) is 0 Å². The number of benzene rings is 2. The lowest BCUT2D eigenvalue weighted by Crippen LogP contribution is -2.67. The standard InChI is InChI=1S/C23H30O4Si/c1-22(2,3)28(18-12-8-6-9-13-18,19-14-10-7-11-15-19)26-16-20(24)21-17-25-23(4,5)27-21/h6-15,21H,16-17H2,1-5H3/t21-/m1/s1. The highest BCUT2D eigenvalue weighted by molar-refractivity contribution is 6.99. The summed E-state index contributed by atoms with van der Waals surface area (Å²) in [7, 11) is -2.72. The summed E-state index contributed by atoms with van der Waals surface area (Å²) in [6.45, 7) is 10.5. The van der Waals surface area contributed by atoms with Gasteiger partial charge in [-0.1, -0.05) is 81.4 Å². The summed E-state index contributed by atoms with van der Waals surface area (Å²) in [5.41, 5.74) is 0. The SMILES string of the molecule is CC1(C)OC[C@H](C(=O)CO[Si](c2ccccc2)(c2ccccc2)C(C)(C)C)O1. The van der Waals surface area contributed by atoms with Crippen molar-refractivity contribution >= 4 is 24.5 Å². The van der Waals surface area contributed by atoms with Crippen LogP contribution in [-0.4, -0.2) is 39.2 Å². The third-order valence-corrected chi connectivity index (χ3v) is 10.2. The molecular weight excluding hydrogens is 368 g/mol. The molecule has 0 N–H and O–H groups in total. The first-order chi connectivity index (χ1) is 13.2. The van der Waals surface area contributed by atoms with Crippen LogP contribution < -0.4 is 10.4 Å². The van der Waals surface area contributed by atoms with Crippen molar-refractivity contribution in [1.82, 2.24) is 0 Å². The maximum Gasteiger partial charge on any atom is 0.261 e. The van der Waals surface area contributed by atoms with E-state index < -0.39 is 20.2 Å². The second kappa shape index (κ2) is 7.91. The van der Waals surface area contributed by atoms with Crippen LogP contribution in [0.3, 0.4) is 0 Å². The van der Waals surface area contributed by atoms with E-state index in [4.69, 9.17) is 13.9 Å². The van der Waals surface area contributed by atoms with Crippen LogP contribution >= 0.6 is 0 Å². The molecule has 0 unspecified atom stereocenters. The molecule has 150 valence electrons. The van der Waals surface area contributed by atoms with Crippen LogP contribution in [0.1, 0.15) is 34.6 Å². The Bertz CT molecular complexity index is 757. The highest BCUT2D eigenvalue weighted by Crippen LogP contribution is 2.37. The highest BCUT2D eigenvalue weighted by atomic mass is 28.4. The van der Waals surface area contributed by atoms with Crippen LogP contribution in [-0.2, 0) is 18.7 Å². The lowest BCUT2D eigenvalue weighted by molar-refractivity contribution is -0.153. The van der Waals surface area contributed by atoms with Gasteiger partial charge in [-0.2, -0.15) is 0 Å². The van der Waals surface area contributed by atoms with Crippen LogP contribution in [0, 0.1) is 0 Å². The molecule has 0 bridgehead atoms. The average Bonchev–Trinajstić information content (AvgIpc) is 3.03. The predicted octanol–water partition coefficient (Wildman–Crippen LogP) is 3.28. The summed E-state index contributed by atoms with van der Waals surface area (Å²) >= 11 is 0. The first kappa shape index (κ1) is 20.9. The number of ketones is 1. The quantitative estimate of drug-likeness (QED) is 0.701. The maximum atomic E-state index is 12.9. The molecule has 5 heteroatoms. The summed E-state index contributed by atoms with van der Waals surface area (Å²) in [5, 5.41) is 2.15. The van der Waals surface area contributed by atoms with E-state index in [1.165, 1.54) is 0 Å². The van der Waals surface area contributed by atoms with Gasteiger partial charge < -0.3 is 13.9 Å². The molecule has 0 radical (unpaired) electrons. The maximum absolute atomic E-state index is 12.9. The van der Waals surface area contributed by atoms with Gasteiger partial charge in [-0.3, -0.25) is 4.79 Å². The number of ether oxygens (including phenoxy) is 2. The molecule has 2 aromatic rings. The van der Waals surface area contributed by atoms with Crippen LogP contribution in [0.2, 0.25) is 5.04 Å². The number of carbonyl (C=O) groups is 1. The van der Waals surface area contributed by atoms with Crippen molar-refractivity contribution < 1.29 is 18.7 Å². The summed E-state index contributed by atoms with van der Waals surface area (Å²) in [6, 6.07) is 20.6. The number of hydrogen-bond donors (Lipinski definition) is 0. The van der Waals surface area contributed by atoms with Gasteiger partial charge in [0.15, 0.2) is 11.6 Å². The first-order valence-corrected chi connectivity index (χ1v) is 11.7. The minimum absolute atomic E-state index is 0.0113. The molecule has 1 fully saturated rings. The van der Waals surface area contributed by atoms with Gasteiger partial charge in [-0.15, -0.1) is 0 Å². The summed E-state index contributed by atoms with van der Waals surface area (Å²) < 4.78 is 18.0. The van der Waals surface area contributed by atoms with Crippen molar-refractivity contribution in [3.63, 3.8) is 0 Å². The Morgan fingerprint density at radius 2 is 1.54 bits per heavy atom. The molecular formula is C23H30O4Si. The Kier molecular flexibility index (Phi) is 5.91. The predicted molar refractivity (Wildman–Crippen MR) is 113 cm³/mol. The topological polar surface area (TPSA) is 44.8 Å². The van der Waals surface area contributed by atoms with E-state index in [9.17, 15) is 4.79 Å². The van der Waals surface area contributed by atoms with Gasteiger partial charge in [0.05, 0.1) is 13.2 Å². The molecule has 0 aliphatic carbocycles. The van der Waals surface area contributed by atoms with Crippen molar-refractivity contribution in [3.8, 4) is 0 Å². The second-order valence-corrected chi connectivity index (χ2v) is 13.0. The number of carbonyl (C=O) groups excluding carboxylic acids is 1. The molecule has 0 aromatic heterocycles. The molecule has 0 spiro atoms. The fourth-order valence-electron chi connectivity index (χ4n) is 3.88. The normalized spacial score (nSPS) is 19.5. The van der Waals surface area contributed by atoms with Gasteiger partial charge in [-0.25, -0.2) is 0 Å². The van der Waals surface area contributed by atoms with Crippen LogP contribution in [0.25, 0.3) is 0 Å². The monoisotopic (exact) mass is 398 g/mol. The summed E-state index contributed by atoms with van der Waals surface area (Å²) in [5.74, 6) is -0.795. The average molecular weight is 399 g/mol. The van der Waals surface area contributed by atoms with Crippen LogP contribution in [0.5, 0.6) is 0 Å². The zero-order valence-corrected chi connectivity index (χ0v) is 18.4. The zero-order chi connectivity index (χ0) is 20.4. The van der Waals surface area contributed by atoms with E-state index in [-0.39, 0.29) is 24.0 Å². The Morgan fingerprint density at radius 3 is 1.93 bits per heavy atom. The fraction of sp³-hybridized carbons (Fsp3) is 0.435. The molecule has 1 atom stereocenters. The molecule has 1 aliphatic rings. The van der Waals surface area contributed by atoms with Crippen molar-refractivity contribution in [2.45, 2.75) is 51.5 Å². The van der Waals surface area contributed by atoms with E-state index in [1.54, 1.807) is 0 Å². The number of hydrogen-bond acceptors (Lipinski definition) is 4. The van der Waals surface area contributed by atoms with E-state index in [2.05, 4.69) is 45.0 Å². The fourth-order valence-corrected chi connectivity index (χ4v) is 8.39. The molecule has 2 aromatic carbocycles. The number of Topliss-reactive ketones (excluding diaryl/α,β-unsaturated/α-hetero) is 1. The van der Waals surface area contributed by atoms with Crippen molar-refractivity contribution in [1.29, 1.82) is 0 Å². The van der Waals surface area contributed by atoms with Crippen LogP contribution in [0.4, 0.5) is 0 Å². The van der Waals surface area contributed by atoms with Gasteiger partial charge in [-0.05, 0) is 29.3 Å². The van der Waals surface area contributed by atoms with Gasteiger partial charge in [0.2, 0.25) is 0 Å². The number of rotatable bonds is 6. The third kappa shape index (κ3) is 4.13. The van der Waals surface area contributed by atoms with Crippen molar-refractivity contribution in [2.75, 3.05) is 13.2 Å².